The summed E-state index contributed by atoms with van der Waals surface area (Å²) in [4.78, 5) is 21.8. The fourth-order valence-corrected chi connectivity index (χ4v) is 3.71. The molecule has 0 fully saturated rings. The maximum atomic E-state index is 14.5. The van der Waals surface area contributed by atoms with Gasteiger partial charge < -0.3 is 9.72 Å². The highest BCUT2D eigenvalue weighted by atomic mass is 32.2. The molecular weight excluding hydrogens is 427 g/mol. The van der Waals surface area contributed by atoms with Crippen LogP contribution in [0.25, 0.3) is 22.1 Å². The normalized spacial score (nSPS) is 12.0. The van der Waals surface area contributed by atoms with Crippen LogP contribution in [-0.2, 0) is 16.6 Å². The van der Waals surface area contributed by atoms with Crippen molar-refractivity contribution in [2.24, 2.45) is 5.14 Å². The van der Waals surface area contributed by atoms with E-state index in [-0.39, 0.29) is 28.6 Å². The van der Waals surface area contributed by atoms with Gasteiger partial charge in [-0.3, -0.25) is 4.57 Å². The maximum Gasteiger partial charge on any atom is 0.326 e. The van der Waals surface area contributed by atoms with Gasteiger partial charge in [0.15, 0.2) is 17.3 Å². The highest BCUT2D eigenvalue weighted by molar-refractivity contribution is 7.89. The molecule has 3 aromatic heterocycles. The lowest BCUT2D eigenvalue weighted by atomic mass is 10.1. The van der Waals surface area contributed by atoms with Crippen LogP contribution in [0.4, 0.5) is 13.2 Å². The van der Waals surface area contributed by atoms with Gasteiger partial charge in [0.2, 0.25) is 15.9 Å². The largest absolute Gasteiger partial charge is 0.481 e. The minimum absolute atomic E-state index is 0.200. The third-order valence-electron chi connectivity index (χ3n) is 4.48. The highest BCUT2D eigenvalue weighted by Gasteiger charge is 2.26. The molecule has 0 bridgehead atoms. The van der Waals surface area contributed by atoms with Crippen LogP contribution in [0.3, 0.4) is 0 Å². The second-order valence-corrected chi connectivity index (χ2v) is 7.80. The number of aromatic nitrogens is 4. The molecule has 30 heavy (non-hydrogen) atoms. The van der Waals surface area contributed by atoms with Gasteiger partial charge in [-0.25, -0.2) is 36.5 Å². The second-order valence-electron chi connectivity index (χ2n) is 6.27. The van der Waals surface area contributed by atoms with Gasteiger partial charge in [0, 0.05) is 17.0 Å². The highest BCUT2D eigenvalue weighted by Crippen LogP contribution is 2.26. The second kappa shape index (κ2) is 6.81. The molecule has 0 aliphatic heterocycles. The number of H-pyrrole nitrogens is 1. The first-order valence-electron chi connectivity index (χ1n) is 8.23. The summed E-state index contributed by atoms with van der Waals surface area (Å²) in [7, 11) is -3.29. The van der Waals surface area contributed by atoms with E-state index in [0.717, 1.165) is 4.57 Å². The van der Waals surface area contributed by atoms with Gasteiger partial charge in [0.25, 0.3) is 0 Å². The van der Waals surface area contributed by atoms with Crippen LogP contribution in [0.2, 0.25) is 0 Å². The fraction of sp³-hybridized carbons (Fsp3) is 0.118. The number of rotatable bonds is 4. The minimum atomic E-state index is -4.69. The summed E-state index contributed by atoms with van der Waals surface area (Å²) in [5.41, 5.74) is -0.928. The molecule has 156 valence electrons. The van der Waals surface area contributed by atoms with Crippen molar-refractivity contribution < 1.29 is 26.3 Å². The topological polar surface area (TPSA) is 133 Å². The predicted octanol–water partition coefficient (Wildman–Crippen LogP) is 1.39. The number of aromatic amines is 1. The number of nitrogens with one attached hydrogen (secondary N) is 1. The van der Waals surface area contributed by atoms with Gasteiger partial charge in [0.1, 0.15) is 10.7 Å². The molecule has 0 aliphatic rings. The lowest BCUT2D eigenvalue weighted by molar-refractivity contribution is 0.399. The molecule has 13 heteroatoms. The number of halogens is 3. The zero-order valence-corrected chi connectivity index (χ0v) is 15.9. The number of benzene rings is 1. The number of primary sulfonamides is 1. The van der Waals surface area contributed by atoms with Crippen LogP contribution in [0.5, 0.6) is 5.88 Å². The Morgan fingerprint density at radius 2 is 1.97 bits per heavy atom. The van der Waals surface area contributed by atoms with Gasteiger partial charge in [-0.05, 0) is 12.1 Å². The smallest absolute Gasteiger partial charge is 0.326 e. The number of hydrogen-bond acceptors (Lipinski definition) is 6. The first kappa shape index (κ1) is 19.8. The zero-order chi connectivity index (χ0) is 21.8. The Hall–Kier alpha value is -3.45. The van der Waals surface area contributed by atoms with Crippen LogP contribution in [0.1, 0.15) is 5.56 Å². The molecule has 0 saturated heterocycles. The number of pyridine rings is 2. The van der Waals surface area contributed by atoms with Crippen LogP contribution in [0.15, 0.2) is 34.1 Å². The van der Waals surface area contributed by atoms with Gasteiger partial charge in [-0.1, -0.05) is 0 Å². The molecule has 4 rings (SSSR count). The van der Waals surface area contributed by atoms with Crippen LogP contribution >= 0.6 is 0 Å². The number of nitrogens with two attached hydrogens (primary N) is 1. The van der Waals surface area contributed by atoms with E-state index < -0.39 is 50.2 Å². The van der Waals surface area contributed by atoms with Crippen LogP contribution < -0.4 is 15.6 Å². The first-order valence-corrected chi connectivity index (χ1v) is 9.78. The van der Waals surface area contributed by atoms with Gasteiger partial charge in [0.05, 0.1) is 30.9 Å². The molecule has 9 nitrogen and oxygen atoms in total. The summed E-state index contributed by atoms with van der Waals surface area (Å²) >= 11 is 0. The molecule has 0 aliphatic carbocycles. The molecule has 0 amide bonds. The summed E-state index contributed by atoms with van der Waals surface area (Å²) < 4.78 is 71.8. The van der Waals surface area contributed by atoms with Gasteiger partial charge in [-0.15, -0.1) is 0 Å². The third-order valence-corrected chi connectivity index (χ3v) is 5.39. The van der Waals surface area contributed by atoms with E-state index in [2.05, 4.69) is 15.0 Å². The molecule has 4 aromatic rings. The van der Waals surface area contributed by atoms with Crippen molar-refractivity contribution in [1.29, 1.82) is 0 Å². The molecular formula is C17H12F3N5O4S. The molecule has 3 heterocycles. The third kappa shape index (κ3) is 3.07. The van der Waals surface area contributed by atoms with Crippen LogP contribution in [-0.4, -0.2) is 35.0 Å². The number of sulfonamides is 1. The number of nitrogens with zero attached hydrogens (tertiary/aromatic N) is 3. The Bertz CT molecular complexity index is 1500. The predicted molar refractivity (Wildman–Crippen MR) is 99.0 cm³/mol. The first-order chi connectivity index (χ1) is 14.1. The van der Waals surface area contributed by atoms with Gasteiger partial charge in [-0.2, -0.15) is 4.98 Å². The number of ether oxygens (including phenoxy) is 1. The van der Waals surface area contributed by atoms with Crippen molar-refractivity contribution in [2.75, 3.05) is 7.11 Å². The Morgan fingerprint density at radius 3 is 2.63 bits per heavy atom. The molecule has 0 spiro atoms. The van der Waals surface area contributed by atoms with E-state index in [1.54, 1.807) is 6.07 Å². The van der Waals surface area contributed by atoms with E-state index in [1.807, 2.05) is 0 Å². The standard InChI is InChI=1S/C17H12F3N5O4S/c1-29-12-3-2-7-15-10(5-22-16(7)24-12)23-17(26)25(15)6-8-9(18)4-11(30(21,27)28)14(20)13(8)19/h2-5H,6H2,1H3,(H,23,26)(H2,21,27,28). The lowest BCUT2D eigenvalue weighted by Crippen LogP contribution is -2.21. The molecule has 0 atom stereocenters. The SMILES string of the molecule is COc1ccc2c(ncc3[nH]c(=O)n(Cc4c(F)cc(S(N)(=O)=O)c(F)c4F)c32)n1. The molecule has 0 saturated carbocycles. The van der Waals surface area contributed by atoms with E-state index in [9.17, 15) is 26.4 Å². The summed E-state index contributed by atoms with van der Waals surface area (Å²) in [5.74, 6) is -4.72. The molecule has 0 unspecified atom stereocenters. The lowest BCUT2D eigenvalue weighted by Gasteiger charge is -2.11. The summed E-state index contributed by atoms with van der Waals surface area (Å²) in [6, 6.07) is 3.33. The number of imidazole rings is 1. The minimum Gasteiger partial charge on any atom is -0.481 e. The molecule has 1 aromatic carbocycles. The Labute approximate surface area is 166 Å². The summed E-state index contributed by atoms with van der Waals surface area (Å²) in [6.07, 6.45) is 1.30. The fourth-order valence-electron chi connectivity index (χ4n) is 3.10. The summed E-state index contributed by atoms with van der Waals surface area (Å²) in [5, 5.41) is 5.15. The average molecular weight is 439 g/mol. The van der Waals surface area contributed by atoms with Crippen LogP contribution in [0, 0.1) is 17.5 Å². The van der Waals surface area contributed by atoms with Crippen molar-refractivity contribution in [3.63, 3.8) is 0 Å². The molecule has 3 N–H and O–H groups in total. The monoisotopic (exact) mass is 439 g/mol. The van der Waals surface area contributed by atoms with Crippen molar-refractivity contribution in [3.05, 3.63) is 57.9 Å². The van der Waals surface area contributed by atoms with Crippen molar-refractivity contribution in [2.45, 2.75) is 11.4 Å². The Morgan fingerprint density at radius 1 is 1.23 bits per heavy atom. The zero-order valence-electron chi connectivity index (χ0n) is 15.1. The van der Waals surface area contributed by atoms with E-state index in [1.165, 1.54) is 19.4 Å². The Kier molecular flexibility index (Phi) is 4.51. The number of hydrogen-bond donors (Lipinski definition) is 2. The van der Waals surface area contributed by atoms with E-state index in [4.69, 9.17) is 9.88 Å². The van der Waals surface area contributed by atoms with Crippen molar-refractivity contribution in [3.8, 4) is 5.88 Å². The van der Waals surface area contributed by atoms with Gasteiger partial charge >= 0.3 is 5.69 Å². The average Bonchev–Trinajstić information content (AvgIpc) is 3.02. The van der Waals surface area contributed by atoms with E-state index in [0.29, 0.717) is 5.39 Å². The maximum absolute atomic E-state index is 14.5. The molecule has 0 radical (unpaired) electrons. The number of methoxy groups -OCH3 is 1. The summed E-state index contributed by atoms with van der Waals surface area (Å²) in [6.45, 7) is -0.733. The number of fused-ring (bicyclic) bond motifs is 3. The van der Waals surface area contributed by atoms with Crippen molar-refractivity contribution in [1.82, 2.24) is 19.5 Å². The van der Waals surface area contributed by atoms with E-state index >= 15 is 0 Å². The Balaban J connectivity index is 1.95. The quantitative estimate of drug-likeness (QED) is 0.462. The van der Waals surface area contributed by atoms with Crippen molar-refractivity contribution >= 4 is 32.1 Å².